The van der Waals surface area contributed by atoms with Gasteiger partial charge in [0.25, 0.3) is 0 Å². The van der Waals surface area contributed by atoms with Crippen LogP contribution in [-0.4, -0.2) is 28.9 Å². The third-order valence-electron chi connectivity index (χ3n) is 4.06. The lowest BCUT2D eigenvalue weighted by Gasteiger charge is -2.17. The van der Waals surface area contributed by atoms with Crippen LogP contribution in [-0.2, 0) is 28.7 Å². The van der Waals surface area contributed by atoms with Crippen LogP contribution >= 0.6 is 0 Å². The van der Waals surface area contributed by atoms with Gasteiger partial charge in [-0.15, -0.1) is 0 Å². The molecular weight excluding hydrogens is 412 g/mol. The minimum Gasteiger partial charge on any atom is -0.397 e. The molecule has 0 radical (unpaired) electrons. The summed E-state index contributed by atoms with van der Waals surface area (Å²) in [5.74, 6) is 0. The molecule has 2 aromatic carbocycles. The van der Waals surface area contributed by atoms with Crippen LogP contribution in [0, 0.1) is 5.41 Å². The van der Waals surface area contributed by atoms with E-state index in [0.29, 0.717) is 34.2 Å². The molecule has 29 heavy (non-hydrogen) atoms. The van der Waals surface area contributed by atoms with Crippen molar-refractivity contribution in [2.24, 2.45) is 10.7 Å². The molecule has 0 heterocycles. The predicted molar refractivity (Wildman–Crippen MR) is 114 cm³/mol. The van der Waals surface area contributed by atoms with E-state index in [1.807, 2.05) is 0 Å². The van der Waals surface area contributed by atoms with Crippen molar-refractivity contribution in [2.75, 3.05) is 5.32 Å². The fraction of sp³-hybridized carbons (Fsp3) is 0.0526. The number of hydrogen-bond donors (Lipinski definition) is 5. The van der Waals surface area contributed by atoms with Crippen LogP contribution in [0.2, 0.25) is 0 Å². The van der Waals surface area contributed by atoms with Crippen LogP contribution in [0.4, 0.5) is 5.69 Å². The van der Waals surface area contributed by atoms with Crippen LogP contribution in [0.25, 0.3) is 0 Å². The highest BCUT2D eigenvalue weighted by Crippen LogP contribution is 2.19. The average Bonchev–Trinajstić information content (AvgIpc) is 2.70. The molecule has 0 aliphatic heterocycles. The standard InChI is InChI=1S/C19H18N4O4S2/c20-16-9-17(21)19(23-13-3-7-15(8-4-13)29(26)27)10-18(16)22-11-12-1-5-14(6-2-12)28(24)25/h1-10,20,23H,11,21H2,(H,24,25)(H,26,27). The molecule has 150 valence electrons. The second-order valence-corrected chi connectivity index (χ2v) is 8.00. The Balaban J connectivity index is 1.77. The molecule has 0 bridgehead atoms. The molecule has 2 unspecified atom stereocenters. The zero-order chi connectivity index (χ0) is 21.0. The number of hydrogen-bond acceptors (Lipinski definition) is 6. The van der Waals surface area contributed by atoms with Gasteiger partial charge >= 0.3 is 0 Å². The maximum atomic E-state index is 11.1. The Labute approximate surface area is 172 Å². The first-order valence-electron chi connectivity index (χ1n) is 8.34. The summed E-state index contributed by atoms with van der Waals surface area (Å²) < 4.78 is 40.2. The maximum absolute atomic E-state index is 11.1. The Kier molecular flexibility index (Phi) is 6.49. The lowest BCUT2D eigenvalue weighted by atomic mass is 10.0. The van der Waals surface area contributed by atoms with Crippen molar-refractivity contribution in [1.82, 2.24) is 0 Å². The summed E-state index contributed by atoms with van der Waals surface area (Å²) in [6, 6.07) is 12.9. The second kappa shape index (κ2) is 9.05. The molecule has 0 saturated carbocycles. The molecule has 0 fully saturated rings. The van der Waals surface area contributed by atoms with Crippen LogP contribution < -0.4 is 11.1 Å². The second-order valence-electron chi connectivity index (χ2n) is 6.06. The maximum Gasteiger partial charge on any atom is 0.186 e. The third kappa shape index (κ3) is 5.33. The lowest BCUT2D eigenvalue weighted by molar-refractivity contribution is 0.563. The topological polar surface area (TPSA) is 149 Å². The summed E-state index contributed by atoms with van der Waals surface area (Å²) in [5, 5.41) is 11.2. The fourth-order valence-electron chi connectivity index (χ4n) is 2.54. The monoisotopic (exact) mass is 430 g/mol. The highest BCUT2D eigenvalue weighted by Gasteiger charge is 2.14. The first-order chi connectivity index (χ1) is 13.8. The van der Waals surface area contributed by atoms with Gasteiger partial charge in [-0.1, -0.05) is 12.1 Å². The predicted octanol–water partition coefficient (Wildman–Crippen LogP) is 2.66. The Hall–Kier alpha value is -2.92. The van der Waals surface area contributed by atoms with E-state index in [4.69, 9.17) is 20.2 Å². The minimum absolute atomic E-state index is 0.173. The van der Waals surface area contributed by atoms with E-state index in [1.54, 1.807) is 42.5 Å². The fourth-order valence-corrected chi connectivity index (χ4v) is 3.28. The number of nitrogens with zero attached hydrogens (tertiary/aromatic N) is 1. The van der Waals surface area contributed by atoms with Gasteiger partial charge < -0.3 is 20.2 Å². The number of nitrogens with one attached hydrogen (secondary N) is 2. The molecule has 3 rings (SSSR count). The number of allylic oxidation sites excluding steroid dienone is 2. The Morgan fingerprint density at radius 3 is 2.03 bits per heavy atom. The van der Waals surface area contributed by atoms with Gasteiger partial charge in [0.1, 0.15) is 0 Å². The van der Waals surface area contributed by atoms with E-state index in [2.05, 4.69) is 10.3 Å². The zero-order valence-corrected chi connectivity index (χ0v) is 16.7. The number of anilines is 1. The normalized spacial score (nSPS) is 17.4. The number of nitrogens with two attached hydrogens (primary N) is 1. The van der Waals surface area contributed by atoms with E-state index in [1.165, 1.54) is 18.2 Å². The largest absolute Gasteiger partial charge is 0.397 e. The summed E-state index contributed by atoms with van der Waals surface area (Å²) in [4.78, 5) is 5.04. The molecule has 2 atom stereocenters. The van der Waals surface area contributed by atoms with Gasteiger partial charge in [-0.3, -0.25) is 10.4 Å². The Morgan fingerprint density at radius 1 is 0.931 bits per heavy atom. The number of aliphatic imine (C=N–C) groups is 1. The molecule has 10 heteroatoms. The van der Waals surface area contributed by atoms with Gasteiger partial charge in [0.15, 0.2) is 22.2 Å². The minimum atomic E-state index is -2.04. The van der Waals surface area contributed by atoms with Crippen molar-refractivity contribution >= 4 is 39.3 Å². The van der Waals surface area contributed by atoms with Crippen molar-refractivity contribution in [3.63, 3.8) is 0 Å². The summed E-state index contributed by atoms with van der Waals surface area (Å²) in [5.41, 5.74) is 9.04. The lowest BCUT2D eigenvalue weighted by Crippen LogP contribution is -2.22. The van der Waals surface area contributed by atoms with Crippen molar-refractivity contribution in [1.29, 1.82) is 5.41 Å². The Bertz CT molecular complexity index is 1070. The van der Waals surface area contributed by atoms with Crippen LogP contribution in [0.15, 0.2) is 86.9 Å². The molecule has 6 N–H and O–H groups in total. The van der Waals surface area contributed by atoms with E-state index >= 15 is 0 Å². The summed E-state index contributed by atoms with van der Waals surface area (Å²) in [6.07, 6.45) is 3.16. The SMILES string of the molecule is N=C1C=C(N)C(Nc2ccc(S(=O)O)cc2)=CC1=NCc1ccc(S(=O)O)cc1. The van der Waals surface area contributed by atoms with Gasteiger partial charge in [-0.05, 0) is 54.1 Å². The van der Waals surface area contributed by atoms with Gasteiger partial charge in [0.2, 0.25) is 0 Å². The molecule has 0 aromatic heterocycles. The quantitative estimate of drug-likeness (QED) is 0.351. The summed E-state index contributed by atoms with van der Waals surface area (Å²) in [6.45, 7) is 0.296. The molecule has 0 spiro atoms. The molecule has 1 aliphatic carbocycles. The van der Waals surface area contributed by atoms with Crippen molar-refractivity contribution in [2.45, 2.75) is 16.3 Å². The summed E-state index contributed by atoms with van der Waals surface area (Å²) in [7, 11) is 0. The first-order valence-corrected chi connectivity index (χ1v) is 10.5. The van der Waals surface area contributed by atoms with E-state index in [0.717, 1.165) is 5.56 Å². The molecular formula is C19H18N4O4S2. The van der Waals surface area contributed by atoms with Gasteiger partial charge in [-0.2, -0.15) is 0 Å². The van der Waals surface area contributed by atoms with Crippen LogP contribution in [0.1, 0.15) is 5.56 Å². The number of rotatable bonds is 6. The molecule has 1 aliphatic rings. The average molecular weight is 431 g/mol. The highest BCUT2D eigenvalue weighted by molar-refractivity contribution is 7.79. The van der Waals surface area contributed by atoms with E-state index in [9.17, 15) is 8.42 Å². The van der Waals surface area contributed by atoms with E-state index in [-0.39, 0.29) is 10.6 Å². The van der Waals surface area contributed by atoms with Crippen LogP contribution in [0.3, 0.4) is 0 Å². The molecule has 0 saturated heterocycles. The Morgan fingerprint density at radius 2 is 1.48 bits per heavy atom. The molecule has 2 aromatic rings. The highest BCUT2D eigenvalue weighted by atomic mass is 32.2. The van der Waals surface area contributed by atoms with Gasteiger partial charge in [0, 0.05) is 5.69 Å². The smallest absolute Gasteiger partial charge is 0.186 e. The van der Waals surface area contributed by atoms with Gasteiger partial charge in [0.05, 0.1) is 39.2 Å². The first kappa shape index (κ1) is 20.8. The summed E-state index contributed by atoms with van der Waals surface area (Å²) >= 11 is -4.07. The number of benzene rings is 2. The molecule has 8 nitrogen and oxygen atoms in total. The zero-order valence-electron chi connectivity index (χ0n) is 15.0. The van der Waals surface area contributed by atoms with Crippen molar-refractivity contribution in [3.8, 4) is 0 Å². The van der Waals surface area contributed by atoms with Crippen molar-refractivity contribution in [3.05, 3.63) is 77.6 Å². The van der Waals surface area contributed by atoms with Crippen LogP contribution in [0.5, 0.6) is 0 Å². The van der Waals surface area contributed by atoms with Gasteiger partial charge in [-0.25, -0.2) is 8.42 Å². The third-order valence-corrected chi connectivity index (χ3v) is 5.41. The van der Waals surface area contributed by atoms with Crippen molar-refractivity contribution < 1.29 is 17.5 Å². The molecule has 0 amide bonds. The van der Waals surface area contributed by atoms with E-state index < -0.39 is 22.2 Å².